The van der Waals surface area contributed by atoms with Gasteiger partial charge in [0.15, 0.2) is 0 Å². The van der Waals surface area contributed by atoms with Gasteiger partial charge < -0.3 is 14.6 Å². The highest BCUT2D eigenvalue weighted by atomic mass is 16.6. The van der Waals surface area contributed by atoms with Gasteiger partial charge in [-0.1, -0.05) is 74.0 Å². The third-order valence-electron chi connectivity index (χ3n) is 3.96. The van der Waals surface area contributed by atoms with Crippen LogP contribution in [-0.2, 0) is 27.5 Å². The van der Waals surface area contributed by atoms with Crippen LogP contribution in [0.4, 0.5) is 9.59 Å². The summed E-state index contributed by atoms with van der Waals surface area (Å²) in [5.74, 6) is -1.30. The molecule has 0 fully saturated rings. The number of hydrogen-bond donors (Lipinski definition) is 1. The highest BCUT2D eigenvalue weighted by Crippen LogP contribution is 2.14. The van der Waals surface area contributed by atoms with E-state index in [1.54, 1.807) is 55.5 Å². The Morgan fingerprint density at radius 2 is 1.29 bits per heavy atom. The van der Waals surface area contributed by atoms with Gasteiger partial charge in [-0.3, -0.25) is 0 Å². The number of benzene rings is 2. The standard InChI is InChI=1S/C21H23NO6/c1-2-9-18(19(23)24)22(20(25)27-14-16-10-5-3-6-11-16)21(26)28-15-17-12-7-4-8-13-17/h3-8,10-13,18H,2,9,14-15H2,1H3,(H,23,24)/t18-/m0/s1. The maximum atomic E-state index is 12.5. The molecule has 0 bridgehead atoms. The number of aliphatic carboxylic acids is 1. The average molecular weight is 385 g/mol. The summed E-state index contributed by atoms with van der Waals surface area (Å²) in [7, 11) is 0. The minimum Gasteiger partial charge on any atom is -0.480 e. The molecule has 0 spiro atoms. The number of hydrogen-bond acceptors (Lipinski definition) is 5. The molecule has 0 unspecified atom stereocenters. The van der Waals surface area contributed by atoms with Gasteiger partial charge in [-0.15, -0.1) is 0 Å². The number of rotatable bonds is 8. The fourth-order valence-electron chi connectivity index (χ4n) is 2.54. The first kappa shape index (κ1) is 21.0. The molecule has 0 aliphatic rings. The van der Waals surface area contributed by atoms with Gasteiger partial charge in [0.1, 0.15) is 19.3 Å². The molecule has 0 saturated heterocycles. The molecule has 148 valence electrons. The van der Waals surface area contributed by atoms with E-state index in [-0.39, 0.29) is 19.6 Å². The first-order chi connectivity index (χ1) is 13.5. The Balaban J connectivity index is 2.11. The maximum absolute atomic E-state index is 12.5. The van der Waals surface area contributed by atoms with E-state index in [9.17, 15) is 19.5 Å². The van der Waals surface area contributed by atoms with Crippen LogP contribution in [0.5, 0.6) is 0 Å². The molecular weight excluding hydrogens is 362 g/mol. The fraction of sp³-hybridized carbons (Fsp3) is 0.286. The molecule has 0 saturated carbocycles. The molecule has 28 heavy (non-hydrogen) atoms. The molecule has 2 aromatic rings. The predicted octanol–water partition coefficient (Wildman–Crippen LogP) is 4.22. The first-order valence-electron chi connectivity index (χ1n) is 8.96. The lowest BCUT2D eigenvalue weighted by molar-refractivity contribution is -0.142. The van der Waals surface area contributed by atoms with Crippen molar-refractivity contribution in [1.82, 2.24) is 4.90 Å². The zero-order chi connectivity index (χ0) is 20.4. The number of ether oxygens (including phenoxy) is 2. The third-order valence-corrected chi connectivity index (χ3v) is 3.96. The van der Waals surface area contributed by atoms with Crippen LogP contribution in [-0.4, -0.2) is 34.2 Å². The molecule has 0 aliphatic carbocycles. The van der Waals surface area contributed by atoms with Crippen LogP contribution >= 0.6 is 0 Å². The van der Waals surface area contributed by atoms with Crippen LogP contribution in [0.25, 0.3) is 0 Å². The third kappa shape index (κ3) is 6.12. The molecule has 2 rings (SSSR count). The van der Waals surface area contributed by atoms with Crippen LogP contribution in [0.3, 0.4) is 0 Å². The van der Waals surface area contributed by atoms with E-state index in [1.807, 2.05) is 12.1 Å². The Morgan fingerprint density at radius 1 is 0.857 bits per heavy atom. The van der Waals surface area contributed by atoms with Gasteiger partial charge in [0, 0.05) is 0 Å². The number of carboxylic acid groups (broad SMARTS) is 1. The molecule has 0 aliphatic heterocycles. The fourth-order valence-corrected chi connectivity index (χ4v) is 2.54. The Bertz CT molecular complexity index is 722. The van der Waals surface area contributed by atoms with Crippen molar-refractivity contribution in [2.45, 2.75) is 39.0 Å². The SMILES string of the molecule is CCC[C@@H](C(=O)O)N(C(=O)OCc1ccccc1)C(=O)OCc1ccccc1. The number of imide groups is 1. The van der Waals surface area contributed by atoms with Crippen molar-refractivity contribution in [1.29, 1.82) is 0 Å². The van der Waals surface area contributed by atoms with E-state index in [2.05, 4.69) is 0 Å². The van der Waals surface area contributed by atoms with Gasteiger partial charge >= 0.3 is 18.2 Å². The van der Waals surface area contributed by atoms with Crippen molar-refractivity contribution in [3.63, 3.8) is 0 Å². The van der Waals surface area contributed by atoms with Gasteiger partial charge in [-0.05, 0) is 17.5 Å². The number of carboxylic acids is 1. The van der Waals surface area contributed by atoms with Gasteiger partial charge in [0.05, 0.1) is 0 Å². The minimum atomic E-state index is -1.36. The summed E-state index contributed by atoms with van der Waals surface area (Å²) in [5, 5.41) is 9.49. The van der Waals surface area contributed by atoms with Crippen molar-refractivity contribution < 1.29 is 29.0 Å². The van der Waals surface area contributed by atoms with E-state index in [4.69, 9.17) is 9.47 Å². The molecular formula is C21H23NO6. The van der Waals surface area contributed by atoms with Crippen LogP contribution < -0.4 is 0 Å². The topological polar surface area (TPSA) is 93.1 Å². The molecule has 7 nitrogen and oxygen atoms in total. The quantitative estimate of drug-likeness (QED) is 0.731. The van der Waals surface area contributed by atoms with E-state index < -0.39 is 24.2 Å². The maximum Gasteiger partial charge on any atom is 0.420 e. The van der Waals surface area contributed by atoms with Crippen molar-refractivity contribution in [3.05, 3.63) is 71.8 Å². The number of amides is 2. The summed E-state index contributed by atoms with van der Waals surface area (Å²) in [4.78, 5) is 37.2. The second-order valence-corrected chi connectivity index (χ2v) is 6.09. The summed E-state index contributed by atoms with van der Waals surface area (Å²) in [6.45, 7) is 1.60. The highest BCUT2D eigenvalue weighted by Gasteiger charge is 2.36. The van der Waals surface area contributed by atoms with E-state index in [0.29, 0.717) is 11.3 Å². The highest BCUT2D eigenvalue weighted by molar-refractivity contribution is 5.93. The molecule has 0 radical (unpaired) electrons. The van der Waals surface area contributed by atoms with Crippen LogP contribution in [0.1, 0.15) is 30.9 Å². The zero-order valence-electron chi connectivity index (χ0n) is 15.6. The second-order valence-electron chi connectivity index (χ2n) is 6.09. The molecule has 2 aromatic carbocycles. The van der Waals surface area contributed by atoms with E-state index in [0.717, 1.165) is 11.1 Å². The van der Waals surface area contributed by atoms with Crippen molar-refractivity contribution in [2.24, 2.45) is 0 Å². The van der Waals surface area contributed by atoms with E-state index in [1.165, 1.54) is 0 Å². The summed E-state index contributed by atoms with van der Waals surface area (Å²) < 4.78 is 10.3. The van der Waals surface area contributed by atoms with Crippen LogP contribution in [0, 0.1) is 0 Å². The van der Waals surface area contributed by atoms with E-state index >= 15 is 0 Å². The smallest absolute Gasteiger partial charge is 0.420 e. The molecule has 2 amide bonds. The molecule has 0 aromatic heterocycles. The number of carbonyl (C=O) groups excluding carboxylic acids is 2. The summed E-state index contributed by atoms with van der Waals surface area (Å²) in [6.07, 6.45) is -1.55. The van der Waals surface area contributed by atoms with Gasteiger partial charge in [-0.2, -0.15) is 4.90 Å². The van der Waals surface area contributed by atoms with Crippen molar-refractivity contribution in [2.75, 3.05) is 0 Å². The summed E-state index contributed by atoms with van der Waals surface area (Å²) in [5.41, 5.74) is 1.44. The molecule has 1 N–H and O–H groups in total. The van der Waals surface area contributed by atoms with Gasteiger partial charge in [-0.25, -0.2) is 14.4 Å². The lowest BCUT2D eigenvalue weighted by atomic mass is 10.1. The van der Waals surface area contributed by atoms with Gasteiger partial charge in [0.25, 0.3) is 0 Å². The zero-order valence-corrected chi connectivity index (χ0v) is 15.6. The number of nitrogens with zero attached hydrogens (tertiary/aromatic N) is 1. The lowest BCUT2D eigenvalue weighted by Gasteiger charge is -2.25. The summed E-state index contributed by atoms with van der Waals surface area (Å²) in [6, 6.07) is 16.4. The molecule has 1 atom stereocenters. The van der Waals surface area contributed by atoms with Crippen molar-refractivity contribution in [3.8, 4) is 0 Å². The predicted molar refractivity (Wildman–Crippen MR) is 101 cm³/mol. The monoisotopic (exact) mass is 385 g/mol. The minimum absolute atomic E-state index is 0.0827. The number of carbonyl (C=O) groups is 3. The van der Waals surface area contributed by atoms with Gasteiger partial charge in [0.2, 0.25) is 0 Å². The van der Waals surface area contributed by atoms with Crippen LogP contribution in [0.2, 0.25) is 0 Å². The van der Waals surface area contributed by atoms with Crippen LogP contribution in [0.15, 0.2) is 60.7 Å². The lowest BCUT2D eigenvalue weighted by Crippen LogP contribution is -2.49. The Morgan fingerprint density at radius 3 is 1.64 bits per heavy atom. The Hall–Kier alpha value is -3.35. The van der Waals surface area contributed by atoms with Crippen molar-refractivity contribution >= 4 is 18.2 Å². The Labute approximate surface area is 163 Å². The normalized spacial score (nSPS) is 11.3. The first-order valence-corrected chi connectivity index (χ1v) is 8.96. The largest absolute Gasteiger partial charge is 0.480 e. The molecule has 7 heteroatoms. The molecule has 0 heterocycles. The average Bonchev–Trinajstić information content (AvgIpc) is 2.71. The summed E-state index contributed by atoms with van der Waals surface area (Å²) >= 11 is 0. The Kier molecular flexibility index (Phi) is 8.02. The second kappa shape index (κ2) is 10.7.